The largest absolute Gasteiger partial charge is 0.494 e. The third-order valence-corrected chi connectivity index (χ3v) is 6.00. The normalized spacial score (nSPS) is 16.2. The van der Waals surface area contributed by atoms with Crippen LogP contribution in [0, 0.1) is 5.82 Å². The van der Waals surface area contributed by atoms with E-state index < -0.39 is 0 Å². The van der Waals surface area contributed by atoms with Gasteiger partial charge in [-0.25, -0.2) is 9.38 Å². The molecule has 0 radical (unpaired) electrons. The van der Waals surface area contributed by atoms with Crippen LogP contribution < -0.4 is 9.64 Å². The highest BCUT2D eigenvalue weighted by Crippen LogP contribution is 2.28. The fourth-order valence-electron chi connectivity index (χ4n) is 4.32. The highest BCUT2D eigenvalue weighted by atomic mass is 19.1. The second kappa shape index (κ2) is 8.47. The van der Waals surface area contributed by atoms with Crippen LogP contribution in [0.3, 0.4) is 0 Å². The molecule has 5 nitrogen and oxygen atoms in total. The Balaban J connectivity index is 1.11. The van der Waals surface area contributed by atoms with E-state index in [1.807, 2.05) is 30.3 Å². The number of hydrogen-bond donors (Lipinski definition) is 0. The summed E-state index contributed by atoms with van der Waals surface area (Å²) in [5.74, 6) is 0.316. The lowest BCUT2D eigenvalue weighted by Crippen LogP contribution is -2.46. The Labute approximate surface area is 180 Å². The van der Waals surface area contributed by atoms with Crippen molar-refractivity contribution in [3.63, 3.8) is 0 Å². The van der Waals surface area contributed by atoms with Crippen molar-refractivity contribution in [2.24, 2.45) is 4.99 Å². The van der Waals surface area contributed by atoms with Crippen LogP contribution in [0.1, 0.15) is 22.3 Å². The van der Waals surface area contributed by atoms with Gasteiger partial charge in [0, 0.05) is 55.6 Å². The maximum absolute atomic E-state index is 13.8. The van der Waals surface area contributed by atoms with E-state index >= 15 is 0 Å². The third-order valence-electron chi connectivity index (χ3n) is 6.00. The molecule has 158 valence electrons. The highest BCUT2D eigenvalue weighted by Gasteiger charge is 2.19. The number of amides is 1. The molecule has 2 heterocycles. The predicted octanol–water partition coefficient (Wildman–Crippen LogP) is 4.14. The van der Waals surface area contributed by atoms with Crippen molar-refractivity contribution in [2.45, 2.75) is 6.42 Å². The van der Waals surface area contributed by atoms with Crippen LogP contribution in [0.4, 0.5) is 10.1 Å². The summed E-state index contributed by atoms with van der Waals surface area (Å²) in [5, 5.41) is 2.04. The minimum atomic E-state index is -0.202. The number of ether oxygens (including phenoxy) is 1. The molecule has 0 spiro atoms. The molecule has 0 bridgehead atoms. The second-order valence-corrected chi connectivity index (χ2v) is 7.99. The molecule has 3 aromatic carbocycles. The number of carbonyl (C=O) groups is 1. The van der Waals surface area contributed by atoms with Crippen molar-refractivity contribution in [3.8, 4) is 5.75 Å². The second-order valence-electron chi connectivity index (χ2n) is 7.99. The van der Waals surface area contributed by atoms with Gasteiger partial charge in [0.15, 0.2) is 0 Å². The number of halogens is 1. The van der Waals surface area contributed by atoms with Crippen molar-refractivity contribution in [3.05, 3.63) is 71.5 Å². The summed E-state index contributed by atoms with van der Waals surface area (Å²) >= 11 is 0. The van der Waals surface area contributed by atoms with Crippen LogP contribution >= 0.6 is 0 Å². The van der Waals surface area contributed by atoms with Gasteiger partial charge in [-0.05, 0) is 48.2 Å². The first-order valence-corrected chi connectivity index (χ1v) is 10.7. The van der Waals surface area contributed by atoms with Crippen LogP contribution in [0.2, 0.25) is 0 Å². The van der Waals surface area contributed by atoms with Crippen molar-refractivity contribution in [2.75, 3.05) is 44.2 Å². The van der Waals surface area contributed by atoms with Gasteiger partial charge in [-0.2, -0.15) is 0 Å². The Kier molecular flexibility index (Phi) is 5.38. The maximum Gasteiger partial charge on any atom is 0.277 e. The molecule has 6 heteroatoms. The van der Waals surface area contributed by atoms with Gasteiger partial charge in [-0.15, -0.1) is 0 Å². The highest BCUT2D eigenvalue weighted by molar-refractivity contribution is 6.13. The molecule has 1 amide bonds. The van der Waals surface area contributed by atoms with Gasteiger partial charge < -0.3 is 9.64 Å². The predicted molar refractivity (Wildman–Crippen MR) is 121 cm³/mol. The lowest BCUT2D eigenvalue weighted by atomic mass is 10.1. The first-order chi connectivity index (χ1) is 15.2. The van der Waals surface area contributed by atoms with Crippen LogP contribution in [-0.2, 0) is 0 Å². The Morgan fingerprint density at radius 1 is 1.00 bits per heavy atom. The van der Waals surface area contributed by atoms with Crippen LogP contribution in [0.15, 0.2) is 59.6 Å². The van der Waals surface area contributed by atoms with Crippen molar-refractivity contribution in [1.82, 2.24) is 4.90 Å². The van der Waals surface area contributed by atoms with Crippen molar-refractivity contribution >= 4 is 28.6 Å². The number of rotatable bonds is 6. The van der Waals surface area contributed by atoms with E-state index in [1.165, 1.54) is 6.07 Å². The van der Waals surface area contributed by atoms with Gasteiger partial charge >= 0.3 is 0 Å². The molecular formula is C25H24FN3O2. The van der Waals surface area contributed by atoms with Crippen molar-refractivity contribution in [1.29, 1.82) is 0 Å². The van der Waals surface area contributed by atoms with Crippen molar-refractivity contribution < 1.29 is 13.9 Å². The van der Waals surface area contributed by atoms with E-state index in [9.17, 15) is 9.18 Å². The average Bonchev–Trinajstić information content (AvgIpc) is 3.17. The summed E-state index contributed by atoms with van der Waals surface area (Å²) in [6, 6.07) is 16.7. The number of fused-ring (bicyclic) bond motifs is 2. The molecule has 0 unspecified atom stereocenters. The van der Waals surface area contributed by atoms with Gasteiger partial charge in [0.05, 0.1) is 12.2 Å². The Morgan fingerprint density at radius 2 is 1.87 bits per heavy atom. The molecule has 0 atom stereocenters. The van der Waals surface area contributed by atoms with Gasteiger partial charge in [0.25, 0.3) is 5.91 Å². The number of anilines is 1. The zero-order valence-corrected chi connectivity index (χ0v) is 17.3. The Hall–Kier alpha value is -3.25. The lowest BCUT2D eigenvalue weighted by molar-refractivity contribution is 0.101. The molecule has 0 aromatic heterocycles. The summed E-state index contributed by atoms with van der Waals surface area (Å²) in [6.07, 6.45) is 2.51. The van der Waals surface area contributed by atoms with E-state index in [4.69, 9.17) is 4.74 Å². The number of benzene rings is 3. The number of aliphatic imine (C=N–C) groups is 1. The Bertz CT molecular complexity index is 1150. The van der Waals surface area contributed by atoms with Crippen LogP contribution in [-0.4, -0.2) is 56.4 Å². The average molecular weight is 417 g/mol. The molecule has 0 aliphatic carbocycles. The molecule has 1 fully saturated rings. The minimum Gasteiger partial charge on any atom is -0.494 e. The molecule has 2 aliphatic rings. The lowest BCUT2D eigenvalue weighted by Gasteiger charge is -2.36. The number of carbonyl (C=O) groups excluding carboxylic acids is 1. The van der Waals surface area contributed by atoms with Gasteiger partial charge in [0.2, 0.25) is 0 Å². The summed E-state index contributed by atoms with van der Waals surface area (Å²) in [7, 11) is 0. The van der Waals surface area contributed by atoms with Crippen LogP contribution in [0.5, 0.6) is 5.75 Å². The smallest absolute Gasteiger partial charge is 0.277 e. The summed E-state index contributed by atoms with van der Waals surface area (Å²) in [6.45, 7) is 5.35. The van der Waals surface area contributed by atoms with Crippen LogP contribution in [0.25, 0.3) is 10.8 Å². The number of nitrogens with zero attached hydrogens (tertiary/aromatic N) is 3. The van der Waals surface area contributed by atoms with E-state index in [-0.39, 0.29) is 11.7 Å². The molecule has 3 aromatic rings. The zero-order valence-electron chi connectivity index (χ0n) is 17.3. The van der Waals surface area contributed by atoms with E-state index in [0.29, 0.717) is 17.9 Å². The first kappa shape index (κ1) is 19.7. The minimum absolute atomic E-state index is 0.196. The summed E-state index contributed by atoms with van der Waals surface area (Å²) in [5.41, 5.74) is 2.57. The topological polar surface area (TPSA) is 45.1 Å². The third kappa shape index (κ3) is 4.16. The molecular weight excluding hydrogens is 393 g/mol. The molecule has 1 saturated heterocycles. The molecule has 0 N–H and O–H groups in total. The quantitative estimate of drug-likeness (QED) is 0.566. The summed E-state index contributed by atoms with van der Waals surface area (Å²) < 4.78 is 19.6. The SMILES string of the molecule is O=C1N=Cc2ccc(OCCCN3CCN(c4cccc5ccc(F)cc45)CC3)cc21. The van der Waals surface area contributed by atoms with Gasteiger partial charge in [0.1, 0.15) is 11.6 Å². The van der Waals surface area contributed by atoms with Gasteiger partial charge in [-0.1, -0.05) is 18.2 Å². The number of piperazine rings is 1. The van der Waals surface area contributed by atoms with E-state index in [0.717, 1.165) is 61.2 Å². The zero-order chi connectivity index (χ0) is 21.2. The monoisotopic (exact) mass is 417 g/mol. The fraction of sp³-hybridized carbons (Fsp3) is 0.280. The molecule has 5 rings (SSSR count). The number of hydrogen-bond acceptors (Lipinski definition) is 4. The van der Waals surface area contributed by atoms with Gasteiger partial charge in [-0.3, -0.25) is 9.69 Å². The molecule has 31 heavy (non-hydrogen) atoms. The standard InChI is InChI=1S/C25H24FN3O2/c26-20-7-5-18-3-1-4-24(22(18)15-20)29-12-10-28(11-13-29)9-2-14-31-21-8-6-19-17-27-25(30)23(19)16-21/h1,3-8,15-17H,2,9-14H2. The van der Waals surface area contributed by atoms with E-state index in [1.54, 1.807) is 18.3 Å². The maximum atomic E-state index is 13.8. The fourth-order valence-corrected chi connectivity index (χ4v) is 4.32. The molecule has 2 aliphatic heterocycles. The molecule has 0 saturated carbocycles. The Morgan fingerprint density at radius 3 is 2.74 bits per heavy atom. The summed E-state index contributed by atoms with van der Waals surface area (Å²) in [4.78, 5) is 20.3. The van der Waals surface area contributed by atoms with E-state index in [2.05, 4.69) is 20.9 Å². The first-order valence-electron chi connectivity index (χ1n) is 10.7.